The average molecular weight is 381 g/mol. The van der Waals surface area contributed by atoms with E-state index in [4.69, 9.17) is 11.0 Å². The van der Waals surface area contributed by atoms with E-state index in [2.05, 4.69) is 31.7 Å². The number of hydrogen-bond donors (Lipinski definition) is 3. The average Bonchev–Trinajstić information content (AvgIpc) is 3.28. The summed E-state index contributed by atoms with van der Waals surface area (Å²) in [5, 5.41) is 14.4. The fraction of sp³-hybridized carbons (Fsp3) is 0.529. The van der Waals surface area contributed by atoms with Gasteiger partial charge in [0.25, 0.3) is 0 Å². The van der Waals surface area contributed by atoms with Gasteiger partial charge in [0.05, 0.1) is 22.9 Å². The number of halogens is 3. The topological polar surface area (TPSA) is 112 Å². The SMILES string of the molecule is CCNc1nc(NC(=C/N)/C(C)=N\C[C@H]2C[C@@]2(C)C#N)ncc1C(F)(F)F. The Morgan fingerprint density at radius 2 is 2.26 bits per heavy atom. The van der Waals surface area contributed by atoms with Crippen LogP contribution in [0, 0.1) is 22.7 Å². The van der Waals surface area contributed by atoms with Crippen LogP contribution in [0.15, 0.2) is 23.1 Å². The molecule has 0 spiro atoms. The van der Waals surface area contributed by atoms with Crippen molar-refractivity contribution in [3.05, 3.63) is 23.7 Å². The summed E-state index contributed by atoms with van der Waals surface area (Å²) in [6, 6.07) is 2.26. The van der Waals surface area contributed by atoms with Crippen molar-refractivity contribution in [1.82, 2.24) is 9.97 Å². The number of nitriles is 1. The maximum Gasteiger partial charge on any atom is 0.421 e. The molecule has 1 aliphatic rings. The van der Waals surface area contributed by atoms with Crippen molar-refractivity contribution in [3.8, 4) is 6.07 Å². The molecule has 1 heterocycles. The Morgan fingerprint density at radius 3 is 2.78 bits per heavy atom. The van der Waals surface area contributed by atoms with Crippen LogP contribution >= 0.6 is 0 Å². The molecule has 146 valence electrons. The largest absolute Gasteiger partial charge is 0.421 e. The third-order valence-corrected chi connectivity index (χ3v) is 4.46. The van der Waals surface area contributed by atoms with Crippen LogP contribution in [0.25, 0.3) is 0 Å². The van der Waals surface area contributed by atoms with Crippen LogP contribution in [0.4, 0.5) is 24.9 Å². The third-order valence-electron chi connectivity index (χ3n) is 4.46. The first kappa shape index (κ1) is 20.5. The molecule has 7 nitrogen and oxygen atoms in total. The lowest BCUT2D eigenvalue weighted by Gasteiger charge is -2.15. The van der Waals surface area contributed by atoms with Gasteiger partial charge >= 0.3 is 6.18 Å². The minimum atomic E-state index is -4.56. The minimum absolute atomic E-state index is 0.0292. The number of nitrogens with one attached hydrogen (secondary N) is 2. The van der Waals surface area contributed by atoms with Crippen LogP contribution in [0.1, 0.15) is 32.8 Å². The Bertz CT molecular complexity index is 795. The molecule has 1 aromatic rings. The summed E-state index contributed by atoms with van der Waals surface area (Å²) < 4.78 is 39.1. The minimum Gasteiger partial charge on any atom is -0.403 e. The number of hydrogen-bond acceptors (Lipinski definition) is 7. The molecule has 0 aromatic carbocycles. The number of rotatable bonds is 7. The second-order valence-electron chi connectivity index (χ2n) is 6.55. The number of aromatic nitrogens is 2. The van der Waals surface area contributed by atoms with Crippen molar-refractivity contribution in [3.63, 3.8) is 0 Å². The normalized spacial score (nSPS) is 22.9. The quantitative estimate of drug-likeness (QED) is 0.626. The van der Waals surface area contributed by atoms with Gasteiger partial charge in [-0.3, -0.25) is 4.99 Å². The second-order valence-corrected chi connectivity index (χ2v) is 6.55. The lowest BCUT2D eigenvalue weighted by atomic mass is 10.1. The predicted molar refractivity (Wildman–Crippen MR) is 96.9 cm³/mol. The molecule has 0 bridgehead atoms. The van der Waals surface area contributed by atoms with Gasteiger partial charge in [-0.2, -0.15) is 23.4 Å². The van der Waals surface area contributed by atoms with Crippen molar-refractivity contribution < 1.29 is 13.2 Å². The Kier molecular flexibility index (Phi) is 5.93. The van der Waals surface area contributed by atoms with E-state index in [1.54, 1.807) is 13.8 Å². The first-order chi connectivity index (χ1) is 12.6. The molecule has 1 aliphatic carbocycles. The standard InChI is InChI=1S/C17H22F3N7/c1-4-23-14-12(17(18,19)20)8-25-15(27-14)26-13(6-21)10(2)24-7-11-5-16(11,3)9-22/h6,8,11H,4-5,7,21H2,1-3H3,(H2,23,25,26,27)/b13-6+,24-10-/t11-,16+/m1/s1. The molecule has 0 unspecified atom stereocenters. The molecule has 10 heteroatoms. The number of nitrogens with two attached hydrogens (primary N) is 1. The van der Waals surface area contributed by atoms with E-state index in [-0.39, 0.29) is 29.6 Å². The van der Waals surface area contributed by atoms with Crippen LogP contribution in [0.2, 0.25) is 0 Å². The van der Waals surface area contributed by atoms with Gasteiger partial charge in [-0.05, 0) is 33.1 Å². The third kappa shape index (κ3) is 4.87. The van der Waals surface area contributed by atoms with Gasteiger partial charge in [0.1, 0.15) is 11.4 Å². The van der Waals surface area contributed by atoms with E-state index in [0.717, 1.165) is 12.6 Å². The Labute approximate surface area is 155 Å². The van der Waals surface area contributed by atoms with Gasteiger partial charge < -0.3 is 16.4 Å². The first-order valence-corrected chi connectivity index (χ1v) is 8.44. The van der Waals surface area contributed by atoms with Gasteiger partial charge in [0.2, 0.25) is 5.95 Å². The molecule has 2 atom stereocenters. The molecular formula is C17H22F3N7. The summed E-state index contributed by atoms with van der Waals surface area (Å²) in [4.78, 5) is 12.0. The second kappa shape index (κ2) is 7.82. The zero-order valence-electron chi connectivity index (χ0n) is 15.4. The molecule has 0 aliphatic heterocycles. The maximum absolute atomic E-state index is 13.0. The molecule has 1 fully saturated rings. The number of aliphatic imine (C=N–C) groups is 1. The van der Waals surface area contributed by atoms with E-state index in [0.29, 0.717) is 18.0 Å². The maximum atomic E-state index is 13.0. The summed E-state index contributed by atoms with van der Waals surface area (Å²) in [7, 11) is 0. The van der Waals surface area contributed by atoms with Crippen molar-refractivity contribution in [2.24, 2.45) is 22.1 Å². The molecule has 0 amide bonds. The van der Waals surface area contributed by atoms with E-state index < -0.39 is 11.7 Å². The van der Waals surface area contributed by atoms with Crippen LogP contribution in [0.3, 0.4) is 0 Å². The smallest absolute Gasteiger partial charge is 0.403 e. The summed E-state index contributed by atoms with van der Waals surface area (Å²) in [5.41, 5.74) is 5.28. The molecule has 0 saturated heterocycles. The first-order valence-electron chi connectivity index (χ1n) is 8.44. The summed E-state index contributed by atoms with van der Waals surface area (Å²) >= 11 is 0. The molecular weight excluding hydrogens is 359 g/mol. The highest BCUT2D eigenvalue weighted by Crippen LogP contribution is 2.51. The Hall–Kier alpha value is -2.83. The highest BCUT2D eigenvalue weighted by molar-refractivity contribution is 6.00. The van der Waals surface area contributed by atoms with Gasteiger partial charge in [-0.1, -0.05) is 0 Å². The summed E-state index contributed by atoms with van der Waals surface area (Å²) in [6.45, 7) is 6.03. The Morgan fingerprint density at radius 1 is 1.56 bits per heavy atom. The molecule has 2 rings (SSSR count). The van der Waals surface area contributed by atoms with Gasteiger partial charge in [-0.25, -0.2) is 4.98 Å². The number of alkyl halides is 3. The van der Waals surface area contributed by atoms with Crippen molar-refractivity contribution in [2.75, 3.05) is 23.7 Å². The molecule has 0 radical (unpaired) electrons. The lowest BCUT2D eigenvalue weighted by Crippen LogP contribution is -2.17. The monoisotopic (exact) mass is 381 g/mol. The predicted octanol–water partition coefficient (Wildman–Crippen LogP) is 3.15. The van der Waals surface area contributed by atoms with Crippen LogP contribution in [0.5, 0.6) is 0 Å². The fourth-order valence-electron chi connectivity index (χ4n) is 2.51. The fourth-order valence-corrected chi connectivity index (χ4v) is 2.51. The van der Waals surface area contributed by atoms with Crippen LogP contribution in [-0.2, 0) is 6.18 Å². The van der Waals surface area contributed by atoms with E-state index >= 15 is 0 Å². The van der Waals surface area contributed by atoms with Crippen molar-refractivity contribution >= 4 is 17.5 Å². The van der Waals surface area contributed by atoms with Gasteiger partial charge in [0.15, 0.2) is 0 Å². The number of anilines is 2. The van der Waals surface area contributed by atoms with Gasteiger partial charge in [0, 0.05) is 25.5 Å². The van der Waals surface area contributed by atoms with Crippen molar-refractivity contribution in [1.29, 1.82) is 5.26 Å². The summed E-state index contributed by atoms with van der Waals surface area (Å²) in [5.74, 6) is -0.145. The van der Waals surface area contributed by atoms with Crippen LogP contribution in [-0.4, -0.2) is 28.8 Å². The van der Waals surface area contributed by atoms with Crippen molar-refractivity contribution in [2.45, 2.75) is 33.4 Å². The molecule has 1 saturated carbocycles. The summed E-state index contributed by atoms with van der Waals surface area (Å²) in [6.07, 6.45) is -1.79. The zero-order valence-corrected chi connectivity index (χ0v) is 15.4. The van der Waals surface area contributed by atoms with E-state index in [1.165, 1.54) is 6.20 Å². The molecule has 27 heavy (non-hydrogen) atoms. The number of allylic oxidation sites excluding steroid dienone is 1. The highest BCUT2D eigenvalue weighted by atomic mass is 19.4. The highest BCUT2D eigenvalue weighted by Gasteiger charge is 2.50. The zero-order chi connectivity index (χ0) is 20.2. The van der Waals surface area contributed by atoms with Gasteiger partial charge in [-0.15, -0.1) is 0 Å². The van der Waals surface area contributed by atoms with E-state index in [1.807, 2.05) is 6.92 Å². The molecule has 1 aromatic heterocycles. The van der Waals surface area contributed by atoms with Crippen LogP contribution < -0.4 is 16.4 Å². The molecule has 4 N–H and O–H groups in total. The van der Waals surface area contributed by atoms with E-state index in [9.17, 15) is 13.2 Å². The Balaban J connectivity index is 2.14. The lowest BCUT2D eigenvalue weighted by molar-refractivity contribution is -0.137. The number of nitrogens with zero attached hydrogens (tertiary/aromatic N) is 4.